The summed E-state index contributed by atoms with van der Waals surface area (Å²) >= 11 is 2.29. The molecule has 0 aliphatic carbocycles. The molecule has 0 radical (unpaired) electrons. The van der Waals surface area contributed by atoms with Crippen LogP contribution in [0.15, 0.2) is 29.2 Å². The number of amides is 3. The molecule has 3 amide bonds. The highest BCUT2D eigenvalue weighted by atomic mass is 32.2. The van der Waals surface area contributed by atoms with Gasteiger partial charge in [-0.15, -0.1) is 0 Å². The van der Waals surface area contributed by atoms with Gasteiger partial charge in [-0.25, -0.2) is 4.98 Å². The van der Waals surface area contributed by atoms with Crippen LogP contribution < -0.4 is 10.6 Å². The van der Waals surface area contributed by atoms with Gasteiger partial charge in [-0.3, -0.25) is 14.4 Å². The molecule has 1 aromatic heterocycles. The molecule has 0 bridgehead atoms. The van der Waals surface area contributed by atoms with Crippen LogP contribution in [0.25, 0.3) is 0 Å². The van der Waals surface area contributed by atoms with Gasteiger partial charge in [0.25, 0.3) is 11.8 Å². The van der Waals surface area contributed by atoms with Gasteiger partial charge in [-0.2, -0.15) is 0 Å². The third-order valence-corrected chi connectivity index (χ3v) is 6.35. The Morgan fingerprint density at radius 2 is 1.96 bits per heavy atom. The van der Waals surface area contributed by atoms with Crippen LogP contribution in [0.3, 0.4) is 0 Å². The Kier molecular flexibility index (Phi) is 4.76. The van der Waals surface area contributed by atoms with Crippen molar-refractivity contribution in [2.24, 2.45) is 0 Å². The minimum Gasteiger partial charge on any atom is -0.344 e. The standard InChI is InChI=1S/C17H18N4O3S2/c1-9-12(13(22)21(3)4)25-16(18-9)20-15(24)17(2)14(23)19-10-7-5-6-8-11(10)26-17/h5-8H,1-4H3,(H,19,23)(H,18,20,24). The van der Waals surface area contributed by atoms with Crippen LogP contribution in [0.2, 0.25) is 0 Å². The first-order valence-corrected chi connectivity index (χ1v) is 9.45. The van der Waals surface area contributed by atoms with E-state index in [9.17, 15) is 14.4 Å². The molecule has 0 saturated carbocycles. The first kappa shape index (κ1) is 18.4. The number of aromatic nitrogens is 1. The molecule has 1 aromatic carbocycles. The minimum absolute atomic E-state index is 0.176. The number of benzene rings is 1. The molecule has 0 spiro atoms. The van der Waals surface area contributed by atoms with Crippen molar-refractivity contribution in [1.29, 1.82) is 0 Å². The topological polar surface area (TPSA) is 91.4 Å². The van der Waals surface area contributed by atoms with Crippen LogP contribution in [0.1, 0.15) is 22.3 Å². The molecule has 2 N–H and O–H groups in total. The van der Waals surface area contributed by atoms with E-state index in [2.05, 4.69) is 15.6 Å². The van der Waals surface area contributed by atoms with Gasteiger partial charge in [0.05, 0.1) is 11.4 Å². The average molecular weight is 390 g/mol. The number of nitrogens with zero attached hydrogens (tertiary/aromatic N) is 2. The Bertz CT molecular complexity index is 909. The number of anilines is 2. The SMILES string of the molecule is Cc1nc(NC(=O)C2(C)Sc3ccccc3NC2=O)sc1C(=O)N(C)C. The predicted octanol–water partition coefficient (Wildman–Crippen LogP) is 2.59. The van der Waals surface area contributed by atoms with E-state index in [0.717, 1.165) is 16.2 Å². The molecular weight excluding hydrogens is 372 g/mol. The van der Waals surface area contributed by atoms with Crippen LogP contribution in [0, 0.1) is 6.92 Å². The third kappa shape index (κ3) is 3.19. The van der Waals surface area contributed by atoms with Crippen LogP contribution in [0.4, 0.5) is 10.8 Å². The Morgan fingerprint density at radius 1 is 1.27 bits per heavy atom. The first-order chi connectivity index (χ1) is 12.2. The highest BCUT2D eigenvalue weighted by molar-refractivity contribution is 8.02. The van der Waals surface area contributed by atoms with Crippen LogP contribution in [-0.2, 0) is 9.59 Å². The fourth-order valence-corrected chi connectivity index (χ4v) is 4.47. The van der Waals surface area contributed by atoms with Crippen molar-refractivity contribution in [3.8, 4) is 0 Å². The number of para-hydroxylation sites is 1. The number of carbonyl (C=O) groups excluding carboxylic acids is 3. The lowest BCUT2D eigenvalue weighted by Crippen LogP contribution is -2.49. The van der Waals surface area contributed by atoms with Gasteiger partial charge >= 0.3 is 0 Å². The smallest absolute Gasteiger partial charge is 0.265 e. The maximum absolute atomic E-state index is 12.8. The fourth-order valence-electron chi connectivity index (χ4n) is 2.38. The van der Waals surface area contributed by atoms with Crippen molar-refractivity contribution < 1.29 is 14.4 Å². The molecule has 0 fully saturated rings. The number of hydrogen-bond donors (Lipinski definition) is 2. The van der Waals surface area contributed by atoms with Gasteiger partial charge in [0.15, 0.2) is 9.88 Å². The van der Waals surface area contributed by atoms with Gasteiger partial charge in [-0.05, 0) is 26.0 Å². The largest absolute Gasteiger partial charge is 0.344 e. The number of thiazole rings is 1. The van der Waals surface area contributed by atoms with Gasteiger partial charge < -0.3 is 15.5 Å². The summed E-state index contributed by atoms with van der Waals surface area (Å²) in [5.74, 6) is -1.05. The van der Waals surface area contributed by atoms with Gasteiger partial charge in [0.2, 0.25) is 5.91 Å². The summed E-state index contributed by atoms with van der Waals surface area (Å²) in [6.07, 6.45) is 0. The second-order valence-electron chi connectivity index (χ2n) is 6.17. The van der Waals surface area contributed by atoms with E-state index >= 15 is 0 Å². The number of fused-ring (bicyclic) bond motifs is 1. The molecule has 0 saturated heterocycles. The molecule has 26 heavy (non-hydrogen) atoms. The molecule has 136 valence electrons. The highest BCUT2D eigenvalue weighted by Gasteiger charge is 2.46. The molecule has 2 aromatic rings. The first-order valence-electron chi connectivity index (χ1n) is 7.82. The quantitative estimate of drug-likeness (QED) is 0.786. The lowest BCUT2D eigenvalue weighted by Gasteiger charge is -2.31. The summed E-state index contributed by atoms with van der Waals surface area (Å²) in [6.45, 7) is 3.29. The second-order valence-corrected chi connectivity index (χ2v) is 8.63. The Balaban J connectivity index is 1.83. The van der Waals surface area contributed by atoms with E-state index in [4.69, 9.17) is 0 Å². The van der Waals surface area contributed by atoms with Gasteiger partial charge in [-0.1, -0.05) is 35.2 Å². The second kappa shape index (κ2) is 6.73. The van der Waals surface area contributed by atoms with Crippen molar-refractivity contribution in [2.45, 2.75) is 23.5 Å². The van der Waals surface area contributed by atoms with E-state index in [1.807, 2.05) is 18.2 Å². The minimum atomic E-state index is -1.33. The summed E-state index contributed by atoms with van der Waals surface area (Å²) in [5.41, 5.74) is 1.23. The van der Waals surface area contributed by atoms with E-state index in [0.29, 0.717) is 21.4 Å². The summed E-state index contributed by atoms with van der Waals surface area (Å²) in [5, 5.41) is 5.75. The van der Waals surface area contributed by atoms with Crippen LogP contribution in [-0.4, -0.2) is 46.4 Å². The molecule has 1 aliphatic heterocycles. The van der Waals surface area contributed by atoms with Crippen molar-refractivity contribution in [3.05, 3.63) is 34.8 Å². The monoisotopic (exact) mass is 390 g/mol. The molecular formula is C17H18N4O3S2. The number of rotatable bonds is 3. The summed E-state index contributed by atoms with van der Waals surface area (Å²) < 4.78 is -1.33. The van der Waals surface area contributed by atoms with Gasteiger partial charge in [0.1, 0.15) is 4.88 Å². The van der Waals surface area contributed by atoms with Crippen molar-refractivity contribution in [2.75, 3.05) is 24.7 Å². The Labute approximate surface area is 159 Å². The maximum atomic E-state index is 12.8. The fraction of sp³-hybridized carbons (Fsp3) is 0.294. The van der Waals surface area contributed by atoms with Crippen molar-refractivity contribution in [3.63, 3.8) is 0 Å². The number of carbonyl (C=O) groups is 3. The van der Waals surface area contributed by atoms with E-state index < -0.39 is 16.6 Å². The van der Waals surface area contributed by atoms with E-state index in [-0.39, 0.29) is 5.91 Å². The maximum Gasteiger partial charge on any atom is 0.265 e. The molecule has 2 heterocycles. The van der Waals surface area contributed by atoms with E-state index in [1.165, 1.54) is 16.7 Å². The van der Waals surface area contributed by atoms with Crippen molar-refractivity contribution in [1.82, 2.24) is 9.88 Å². The normalized spacial score (nSPS) is 18.7. The summed E-state index contributed by atoms with van der Waals surface area (Å²) in [6, 6.07) is 7.32. The average Bonchev–Trinajstić information content (AvgIpc) is 2.95. The molecule has 1 atom stereocenters. The van der Waals surface area contributed by atoms with E-state index in [1.54, 1.807) is 34.0 Å². The zero-order valence-electron chi connectivity index (χ0n) is 14.7. The molecule has 7 nitrogen and oxygen atoms in total. The molecule has 9 heteroatoms. The lowest BCUT2D eigenvalue weighted by atomic mass is 10.1. The van der Waals surface area contributed by atoms with Crippen molar-refractivity contribution >= 4 is 51.6 Å². The molecule has 1 unspecified atom stereocenters. The molecule has 1 aliphatic rings. The number of nitrogens with one attached hydrogen (secondary N) is 2. The molecule has 3 rings (SSSR count). The Hall–Kier alpha value is -2.39. The number of aryl methyl sites for hydroxylation is 1. The third-order valence-electron chi connectivity index (χ3n) is 3.93. The lowest BCUT2D eigenvalue weighted by molar-refractivity contribution is -0.126. The zero-order chi connectivity index (χ0) is 19.1. The summed E-state index contributed by atoms with van der Waals surface area (Å²) in [7, 11) is 3.31. The zero-order valence-corrected chi connectivity index (χ0v) is 16.4. The summed E-state index contributed by atoms with van der Waals surface area (Å²) in [4.78, 5) is 44.4. The highest BCUT2D eigenvalue weighted by Crippen LogP contribution is 2.43. The number of hydrogen-bond acceptors (Lipinski definition) is 6. The number of thioether (sulfide) groups is 1. The van der Waals surface area contributed by atoms with Crippen LogP contribution in [0.5, 0.6) is 0 Å². The predicted molar refractivity (Wildman–Crippen MR) is 103 cm³/mol. The Morgan fingerprint density at radius 3 is 2.65 bits per heavy atom. The van der Waals surface area contributed by atoms with Crippen LogP contribution >= 0.6 is 23.1 Å². The van der Waals surface area contributed by atoms with Gasteiger partial charge in [0, 0.05) is 19.0 Å².